The Morgan fingerprint density at radius 3 is 2.17 bits per heavy atom. The van der Waals surface area contributed by atoms with E-state index in [-0.39, 0.29) is 22.8 Å². The average Bonchev–Trinajstić information content (AvgIpc) is 2.95. The highest BCUT2D eigenvalue weighted by Crippen LogP contribution is 2.22. The second-order valence-corrected chi connectivity index (χ2v) is 8.58. The standard InChI is InChI=1S/C21H22FN3O3S/c1-24(2)16-8-6-15(7-9-16)21(26)20-13-18(22)19(25(20)3)12-14-4-10-17(11-5-14)29(23,27)28/h4-11,13H,12H2,1-3H3,(H2,23,27,28). The number of aromatic nitrogens is 1. The van der Waals surface area contributed by atoms with Crippen LogP contribution in [0.5, 0.6) is 0 Å². The van der Waals surface area contributed by atoms with Gasteiger partial charge in [-0.2, -0.15) is 0 Å². The fourth-order valence-electron chi connectivity index (χ4n) is 3.08. The van der Waals surface area contributed by atoms with Crippen LogP contribution in [-0.2, 0) is 23.5 Å². The normalized spacial score (nSPS) is 11.5. The lowest BCUT2D eigenvalue weighted by Crippen LogP contribution is -2.12. The molecule has 0 atom stereocenters. The molecule has 0 aliphatic rings. The topological polar surface area (TPSA) is 85.4 Å². The first-order chi connectivity index (χ1) is 13.6. The summed E-state index contributed by atoms with van der Waals surface area (Å²) in [4.78, 5) is 14.8. The minimum absolute atomic E-state index is 0.00867. The maximum Gasteiger partial charge on any atom is 0.238 e. The smallest absolute Gasteiger partial charge is 0.238 e. The van der Waals surface area contributed by atoms with E-state index in [2.05, 4.69) is 0 Å². The number of hydrogen-bond donors (Lipinski definition) is 1. The van der Waals surface area contributed by atoms with E-state index in [1.54, 1.807) is 31.3 Å². The zero-order valence-corrected chi connectivity index (χ0v) is 17.2. The minimum atomic E-state index is -3.78. The lowest BCUT2D eigenvalue weighted by Gasteiger charge is -2.12. The third kappa shape index (κ3) is 4.38. The monoisotopic (exact) mass is 415 g/mol. The lowest BCUT2D eigenvalue weighted by atomic mass is 10.1. The van der Waals surface area contributed by atoms with Gasteiger partial charge in [0, 0.05) is 44.9 Å². The molecule has 8 heteroatoms. The van der Waals surface area contributed by atoms with Crippen LogP contribution in [0.2, 0.25) is 0 Å². The summed E-state index contributed by atoms with van der Waals surface area (Å²) in [5.41, 5.74) is 2.72. The van der Waals surface area contributed by atoms with Crippen molar-refractivity contribution in [3.05, 3.63) is 82.9 Å². The van der Waals surface area contributed by atoms with E-state index in [0.717, 1.165) is 5.69 Å². The van der Waals surface area contributed by atoms with Gasteiger partial charge in [0.15, 0.2) is 0 Å². The Morgan fingerprint density at radius 2 is 1.66 bits per heavy atom. The van der Waals surface area contributed by atoms with E-state index in [1.165, 1.54) is 22.8 Å². The number of sulfonamides is 1. The molecule has 0 bridgehead atoms. The number of halogens is 1. The van der Waals surface area contributed by atoms with Crippen molar-refractivity contribution in [2.24, 2.45) is 12.2 Å². The maximum atomic E-state index is 14.6. The molecule has 0 amide bonds. The van der Waals surface area contributed by atoms with E-state index < -0.39 is 15.8 Å². The van der Waals surface area contributed by atoms with Crippen molar-refractivity contribution in [2.45, 2.75) is 11.3 Å². The number of nitrogens with zero attached hydrogens (tertiary/aromatic N) is 2. The molecule has 0 fully saturated rings. The number of ketones is 1. The molecule has 29 heavy (non-hydrogen) atoms. The second kappa shape index (κ2) is 7.81. The van der Waals surface area contributed by atoms with Crippen LogP contribution in [0.25, 0.3) is 0 Å². The summed E-state index contributed by atoms with van der Waals surface area (Å²) >= 11 is 0. The van der Waals surface area contributed by atoms with Crippen LogP contribution in [0, 0.1) is 5.82 Å². The number of anilines is 1. The molecule has 0 unspecified atom stereocenters. The molecule has 6 nitrogen and oxygen atoms in total. The first-order valence-electron chi connectivity index (χ1n) is 8.86. The number of nitrogens with two attached hydrogens (primary N) is 1. The first-order valence-corrected chi connectivity index (χ1v) is 10.4. The Balaban J connectivity index is 1.87. The molecule has 1 aromatic heterocycles. The fourth-order valence-corrected chi connectivity index (χ4v) is 3.59. The summed E-state index contributed by atoms with van der Waals surface area (Å²) in [6.07, 6.45) is 0.208. The number of carbonyl (C=O) groups is 1. The zero-order chi connectivity index (χ0) is 21.3. The number of rotatable bonds is 6. The molecular formula is C21H22FN3O3S. The quantitative estimate of drug-likeness (QED) is 0.628. The van der Waals surface area contributed by atoms with Crippen molar-refractivity contribution in [1.29, 1.82) is 0 Å². The van der Waals surface area contributed by atoms with Gasteiger partial charge < -0.3 is 9.47 Å². The van der Waals surface area contributed by atoms with Crippen molar-refractivity contribution < 1.29 is 17.6 Å². The van der Waals surface area contributed by atoms with E-state index in [4.69, 9.17) is 5.14 Å². The third-order valence-corrected chi connectivity index (χ3v) is 5.74. The van der Waals surface area contributed by atoms with E-state index >= 15 is 0 Å². The molecule has 0 aliphatic heterocycles. The van der Waals surface area contributed by atoms with Gasteiger partial charge in [-0.3, -0.25) is 4.79 Å². The Hall–Kier alpha value is -2.97. The predicted molar refractivity (Wildman–Crippen MR) is 110 cm³/mol. The van der Waals surface area contributed by atoms with Gasteiger partial charge in [-0.25, -0.2) is 17.9 Å². The van der Waals surface area contributed by atoms with Crippen LogP contribution in [0.15, 0.2) is 59.5 Å². The summed E-state index contributed by atoms with van der Waals surface area (Å²) in [6.45, 7) is 0. The van der Waals surface area contributed by atoms with Gasteiger partial charge in [-0.15, -0.1) is 0 Å². The molecule has 0 radical (unpaired) electrons. The van der Waals surface area contributed by atoms with Crippen LogP contribution < -0.4 is 10.0 Å². The SMILES string of the molecule is CN(C)c1ccc(C(=O)c2cc(F)c(Cc3ccc(S(N)(=O)=O)cc3)n2C)cc1. The Bertz CT molecular complexity index is 1150. The number of primary sulfonamides is 1. The largest absolute Gasteiger partial charge is 0.378 e. The Labute approximate surface area is 169 Å². The molecule has 152 valence electrons. The van der Waals surface area contributed by atoms with Gasteiger partial charge in [0.2, 0.25) is 15.8 Å². The molecule has 0 saturated carbocycles. The molecule has 0 spiro atoms. The molecule has 2 N–H and O–H groups in total. The number of hydrogen-bond acceptors (Lipinski definition) is 4. The zero-order valence-electron chi connectivity index (χ0n) is 16.4. The highest BCUT2D eigenvalue weighted by Gasteiger charge is 2.20. The highest BCUT2D eigenvalue weighted by atomic mass is 32.2. The van der Waals surface area contributed by atoms with Crippen LogP contribution in [0.1, 0.15) is 27.3 Å². The number of benzene rings is 2. The summed E-state index contributed by atoms with van der Waals surface area (Å²) < 4.78 is 38.8. The summed E-state index contributed by atoms with van der Waals surface area (Å²) in [7, 11) is 1.67. The van der Waals surface area contributed by atoms with Crippen LogP contribution in [-0.4, -0.2) is 32.9 Å². The second-order valence-electron chi connectivity index (χ2n) is 7.02. The van der Waals surface area contributed by atoms with Gasteiger partial charge in [-0.05, 0) is 42.0 Å². The molecule has 1 heterocycles. The molecule has 2 aromatic carbocycles. The molecule has 0 aliphatic carbocycles. The number of carbonyl (C=O) groups excluding carboxylic acids is 1. The minimum Gasteiger partial charge on any atom is -0.378 e. The van der Waals surface area contributed by atoms with Gasteiger partial charge in [0.05, 0.1) is 16.3 Å². The predicted octanol–water partition coefficient (Wildman–Crippen LogP) is 2.70. The summed E-state index contributed by atoms with van der Waals surface area (Å²) in [6, 6.07) is 14.2. The van der Waals surface area contributed by atoms with Gasteiger partial charge in [0.25, 0.3) is 0 Å². The van der Waals surface area contributed by atoms with Crippen molar-refractivity contribution in [2.75, 3.05) is 19.0 Å². The maximum absolute atomic E-state index is 14.6. The van der Waals surface area contributed by atoms with Gasteiger partial charge in [-0.1, -0.05) is 12.1 Å². The summed E-state index contributed by atoms with van der Waals surface area (Å²) in [5, 5.41) is 5.09. The van der Waals surface area contributed by atoms with E-state index in [9.17, 15) is 17.6 Å². The van der Waals surface area contributed by atoms with Crippen molar-refractivity contribution in [3.63, 3.8) is 0 Å². The lowest BCUT2D eigenvalue weighted by molar-refractivity contribution is 0.103. The first kappa shape index (κ1) is 20.8. The molecule has 0 saturated heterocycles. The molecule has 3 rings (SSSR count). The molecule has 3 aromatic rings. The Kier molecular flexibility index (Phi) is 5.59. The van der Waals surface area contributed by atoms with E-state index in [0.29, 0.717) is 16.8 Å². The highest BCUT2D eigenvalue weighted by molar-refractivity contribution is 7.89. The molecular weight excluding hydrogens is 393 g/mol. The van der Waals surface area contributed by atoms with Crippen LogP contribution >= 0.6 is 0 Å². The van der Waals surface area contributed by atoms with Crippen LogP contribution in [0.3, 0.4) is 0 Å². The van der Waals surface area contributed by atoms with Gasteiger partial charge >= 0.3 is 0 Å². The third-order valence-electron chi connectivity index (χ3n) is 4.81. The summed E-state index contributed by atoms with van der Waals surface area (Å²) in [5.74, 6) is -0.760. The fraction of sp³-hybridized carbons (Fsp3) is 0.190. The Morgan fingerprint density at radius 1 is 1.07 bits per heavy atom. The van der Waals surface area contributed by atoms with E-state index in [1.807, 2.05) is 31.1 Å². The van der Waals surface area contributed by atoms with Crippen molar-refractivity contribution >= 4 is 21.5 Å². The van der Waals surface area contributed by atoms with Crippen molar-refractivity contribution in [1.82, 2.24) is 4.57 Å². The van der Waals surface area contributed by atoms with Crippen molar-refractivity contribution in [3.8, 4) is 0 Å². The average molecular weight is 415 g/mol. The van der Waals surface area contributed by atoms with Gasteiger partial charge in [0.1, 0.15) is 5.82 Å². The van der Waals surface area contributed by atoms with Crippen LogP contribution in [0.4, 0.5) is 10.1 Å².